The van der Waals surface area contributed by atoms with Gasteiger partial charge >= 0.3 is 0 Å². The van der Waals surface area contributed by atoms with Gasteiger partial charge in [0, 0.05) is 4.88 Å². The highest BCUT2D eigenvalue weighted by Crippen LogP contribution is 2.23. The maximum absolute atomic E-state index is 11.9. The Labute approximate surface area is 106 Å². The Morgan fingerprint density at radius 1 is 1.41 bits per heavy atom. The van der Waals surface area contributed by atoms with E-state index in [-0.39, 0.29) is 6.10 Å². The number of nitrogens with one attached hydrogen (secondary N) is 1. The zero-order valence-electron chi connectivity index (χ0n) is 9.81. The largest absolute Gasteiger partial charge is 0.284 e. The minimum atomic E-state index is -3.49. The molecule has 0 aliphatic heterocycles. The lowest BCUT2D eigenvalue weighted by Crippen LogP contribution is -2.27. The number of sulfonamides is 1. The van der Waals surface area contributed by atoms with E-state index in [0.29, 0.717) is 4.21 Å². The first-order valence-corrected chi connectivity index (χ1v) is 8.18. The van der Waals surface area contributed by atoms with Gasteiger partial charge < -0.3 is 0 Å². The summed E-state index contributed by atoms with van der Waals surface area (Å²) in [5.41, 5.74) is 0. The minimum Gasteiger partial charge on any atom is -0.284 e. The van der Waals surface area contributed by atoms with Gasteiger partial charge in [0.1, 0.15) is 4.21 Å². The predicted octanol–water partition coefficient (Wildman–Crippen LogP) is 2.46. The second kappa shape index (κ2) is 5.48. The van der Waals surface area contributed by atoms with Crippen LogP contribution in [-0.2, 0) is 21.3 Å². The molecule has 0 bridgehead atoms. The van der Waals surface area contributed by atoms with Gasteiger partial charge in [0.25, 0.3) is 10.0 Å². The fourth-order valence-electron chi connectivity index (χ4n) is 1.87. The first kappa shape index (κ1) is 13.0. The first-order valence-electron chi connectivity index (χ1n) is 5.88. The van der Waals surface area contributed by atoms with Crippen LogP contribution in [0.3, 0.4) is 0 Å². The molecule has 0 amide bonds. The summed E-state index contributed by atoms with van der Waals surface area (Å²) in [5.74, 6) is 0. The summed E-state index contributed by atoms with van der Waals surface area (Å²) in [6.07, 6.45) is 5.00. The number of hydrogen-bond acceptors (Lipinski definition) is 4. The normalized spacial score (nSPS) is 17.7. The van der Waals surface area contributed by atoms with Crippen LogP contribution in [0.1, 0.15) is 37.5 Å². The molecule has 1 fully saturated rings. The number of aryl methyl sites for hydroxylation is 1. The third kappa shape index (κ3) is 3.28. The van der Waals surface area contributed by atoms with Crippen LogP contribution in [-0.4, -0.2) is 14.5 Å². The molecule has 1 aromatic heterocycles. The summed E-state index contributed by atoms with van der Waals surface area (Å²) in [5, 5.41) is 0. The van der Waals surface area contributed by atoms with Gasteiger partial charge in [0.2, 0.25) is 0 Å². The third-order valence-corrected chi connectivity index (χ3v) is 5.79. The molecule has 17 heavy (non-hydrogen) atoms. The highest BCUT2D eigenvalue weighted by molar-refractivity contribution is 7.91. The van der Waals surface area contributed by atoms with Crippen LogP contribution in [0.25, 0.3) is 0 Å². The molecule has 6 heteroatoms. The van der Waals surface area contributed by atoms with Crippen molar-refractivity contribution in [1.82, 2.24) is 4.89 Å². The van der Waals surface area contributed by atoms with E-state index in [1.807, 2.05) is 13.0 Å². The van der Waals surface area contributed by atoms with Crippen molar-refractivity contribution >= 4 is 21.4 Å². The van der Waals surface area contributed by atoms with Crippen molar-refractivity contribution in [3.63, 3.8) is 0 Å². The van der Waals surface area contributed by atoms with E-state index in [4.69, 9.17) is 4.84 Å². The van der Waals surface area contributed by atoms with Gasteiger partial charge in [-0.2, -0.15) is 0 Å². The van der Waals surface area contributed by atoms with Crippen LogP contribution in [0.4, 0.5) is 0 Å². The van der Waals surface area contributed by atoms with Gasteiger partial charge in [-0.25, -0.2) is 8.42 Å². The number of hydrogen-bond donors (Lipinski definition) is 1. The molecular weight excluding hydrogens is 258 g/mol. The van der Waals surface area contributed by atoms with Crippen molar-refractivity contribution in [3.8, 4) is 0 Å². The molecule has 96 valence electrons. The van der Waals surface area contributed by atoms with E-state index in [2.05, 4.69) is 4.89 Å². The van der Waals surface area contributed by atoms with Crippen LogP contribution >= 0.6 is 11.3 Å². The van der Waals surface area contributed by atoms with Gasteiger partial charge in [-0.3, -0.25) is 4.84 Å². The summed E-state index contributed by atoms with van der Waals surface area (Å²) in [7, 11) is -3.49. The second-order valence-corrected chi connectivity index (χ2v) is 7.23. The maximum Gasteiger partial charge on any atom is 0.271 e. The number of rotatable bonds is 5. The monoisotopic (exact) mass is 275 g/mol. The van der Waals surface area contributed by atoms with Gasteiger partial charge in [0.15, 0.2) is 0 Å². The van der Waals surface area contributed by atoms with Crippen molar-refractivity contribution in [1.29, 1.82) is 0 Å². The Morgan fingerprint density at radius 2 is 2.12 bits per heavy atom. The van der Waals surface area contributed by atoms with Gasteiger partial charge in [-0.05, 0) is 31.4 Å². The van der Waals surface area contributed by atoms with E-state index in [1.165, 1.54) is 11.3 Å². The summed E-state index contributed by atoms with van der Waals surface area (Å²) < 4.78 is 24.1. The molecule has 0 saturated heterocycles. The third-order valence-electron chi connectivity index (χ3n) is 2.88. The van der Waals surface area contributed by atoms with E-state index < -0.39 is 10.0 Å². The minimum absolute atomic E-state index is 0.0374. The average Bonchev–Trinajstić information content (AvgIpc) is 2.98. The lowest BCUT2D eigenvalue weighted by atomic mass is 10.3. The molecule has 0 atom stereocenters. The molecule has 0 aromatic carbocycles. The summed E-state index contributed by atoms with van der Waals surface area (Å²) in [4.78, 5) is 8.53. The zero-order chi connectivity index (χ0) is 12.3. The van der Waals surface area contributed by atoms with Crippen molar-refractivity contribution < 1.29 is 13.3 Å². The van der Waals surface area contributed by atoms with Crippen molar-refractivity contribution in [2.24, 2.45) is 0 Å². The Hall–Kier alpha value is -0.430. The van der Waals surface area contributed by atoms with Crippen LogP contribution in [0.2, 0.25) is 0 Å². The van der Waals surface area contributed by atoms with E-state index in [9.17, 15) is 8.42 Å². The lowest BCUT2D eigenvalue weighted by molar-refractivity contribution is 0.0224. The summed E-state index contributed by atoms with van der Waals surface area (Å²) in [6, 6.07) is 3.47. The van der Waals surface area contributed by atoms with Crippen LogP contribution in [0.5, 0.6) is 0 Å². The topological polar surface area (TPSA) is 55.4 Å². The Morgan fingerprint density at radius 3 is 2.71 bits per heavy atom. The molecule has 0 radical (unpaired) electrons. The smallest absolute Gasteiger partial charge is 0.271 e. The highest BCUT2D eigenvalue weighted by Gasteiger charge is 2.21. The Kier molecular flexibility index (Phi) is 4.19. The molecule has 1 aliphatic rings. The SMILES string of the molecule is CCc1ccc(S(=O)(=O)NOC2CCCC2)s1. The molecule has 1 aromatic rings. The van der Waals surface area contributed by atoms with E-state index >= 15 is 0 Å². The standard InChI is InChI=1S/C11H17NO3S2/c1-2-10-7-8-11(16-10)17(13,14)12-15-9-5-3-4-6-9/h7-9,12H,2-6H2,1H3. The van der Waals surface area contributed by atoms with E-state index in [1.54, 1.807) is 6.07 Å². The van der Waals surface area contributed by atoms with Crippen LogP contribution < -0.4 is 4.89 Å². The van der Waals surface area contributed by atoms with Gasteiger partial charge in [-0.15, -0.1) is 11.3 Å². The fraction of sp³-hybridized carbons (Fsp3) is 0.636. The summed E-state index contributed by atoms with van der Waals surface area (Å²) in [6.45, 7) is 2.00. The molecule has 1 N–H and O–H groups in total. The molecule has 0 spiro atoms. The molecule has 1 aliphatic carbocycles. The van der Waals surface area contributed by atoms with Crippen molar-refractivity contribution in [3.05, 3.63) is 17.0 Å². The molecule has 1 saturated carbocycles. The van der Waals surface area contributed by atoms with Crippen LogP contribution in [0.15, 0.2) is 16.3 Å². The molecule has 4 nitrogen and oxygen atoms in total. The molecular formula is C11H17NO3S2. The first-order chi connectivity index (χ1) is 8.12. The molecule has 2 rings (SSSR count). The maximum atomic E-state index is 11.9. The fourth-order valence-corrected chi connectivity index (χ4v) is 4.00. The van der Waals surface area contributed by atoms with Crippen molar-refractivity contribution in [2.75, 3.05) is 0 Å². The van der Waals surface area contributed by atoms with Gasteiger partial charge in [-0.1, -0.05) is 24.7 Å². The highest BCUT2D eigenvalue weighted by atomic mass is 32.2. The summed E-state index contributed by atoms with van der Waals surface area (Å²) >= 11 is 1.29. The quantitative estimate of drug-likeness (QED) is 0.840. The Balaban J connectivity index is 1.97. The van der Waals surface area contributed by atoms with Gasteiger partial charge in [0.05, 0.1) is 6.10 Å². The second-order valence-electron chi connectivity index (χ2n) is 4.19. The van der Waals surface area contributed by atoms with Crippen LogP contribution in [0, 0.1) is 0 Å². The molecule has 0 unspecified atom stereocenters. The molecule has 1 heterocycles. The Bertz CT molecular complexity index is 461. The van der Waals surface area contributed by atoms with Crippen molar-refractivity contribution in [2.45, 2.75) is 49.3 Å². The average molecular weight is 275 g/mol. The zero-order valence-corrected chi connectivity index (χ0v) is 11.4. The predicted molar refractivity (Wildman–Crippen MR) is 67.4 cm³/mol. The number of thiophene rings is 1. The lowest BCUT2D eigenvalue weighted by Gasteiger charge is -2.10. The van der Waals surface area contributed by atoms with E-state index in [0.717, 1.165) is 37.0 Å².